The first-order valence-electron chi connectivity index (χ1n) is 6.89. The number of aliphatic hydroxyl groups is 1. The highest BCUT2D eigenvalue weighted by Crippen LogP contribution is 2.39. The van der Waals surface area contributed by atoms with Crippen molar-refractivity contribution in [3.63, 3.8) is 0 Å². The molecule has 0 aromatic heterocycles. The quantitative estimate of drug-likeness (QED) is 0.772. The summed E-state index contributed by atoms with van der Waals surface area (Å²) in [5, 5.41) is 13.0. The van der Waals surface area contributed by atoms with Crippen molar-refractivity contribution in [3.8, 4) is 0 Å². The lowest BCUT2D eigenvalue weighted by atomic mass is 9.86. The van der Waals surface area contributed by atoms with E-state index in [4.69, 9.17) is 0 Å². The smallest absolute Gasteiger partial charge is 0.0615 e. The third-order valence-corrected chi connectivity index (χ3v) is 6.36. The lowest BCUT2D eigenvalue weighted by Gasteiger charge is -2.33. The molecule has 1 aromatic rings. The van der Waals surface area contributed by atoms with E-state index in [1.165, 1.54) is 22.2 Å². The third kappa shape index (κ3) is 3.54. The number of nitrogens with one attached hydrogen (secondary N) is 1. The normalized spacial score (nSPS) is 26.8. The Morgan fingerprint density at radius 2 is 2.26 bits per heavy atom. The van der Waals surface area contributed by atoms with Crippen LogP contribution >= 0.6 is 27.7 Å². The number of rotatable bonds is 6. The Bertz CT molecular complexity index is 409. The second-order valence-electron chi connectivity index (χ2n) is 5.22. The molecule has 0 aliphatic heterocycles. The Kier molecular flexibility index (Phi) is 5.75. The van der Waals surface area contributed by atoms with Crippen molar-refractivity contribution >= 4 is 27.7 Å². The molecule has 106 valence electrons. The van der Waals surface area contributed by atoms with E-state index in [1.807, 2.05) is 24.9 Å². The maximum absolute atomic E-state index is 9.67. The van der Waals surface area contributed by atoms with Gasteiger partial charge in [-0.05, 0) is 66.0 Å². The molecule has 1 fully saturated rings. The molecule has 1 saturated carbocycles. The average Bonchev–Trinajstić information content (AvgIpc) is 2.84. The summed E-state index contributed by atoms with van der Waals surface area (Å²) in [6, 6.07) is 8.36. The van der Waals surface area contributed by atoms with E-state index in [0.717, 1.165) is 18.6 Å². The Morgan fingerprint density at radius 3 is 2.95 bits per heavy atom. The number of halogens is 1. The van der Waals surface area contributed by atoms with Crippen LogP contribution in [-0.4, -0.2) is 30.1 Å². The van der Waals surface area contributed by atoms with Gasteiger partial charge in [0.15, 0.2) is 0 Å². The summed E-state index contributed by atoms with van der Waals surface area (Å²) in [7, 11) is 1.98. The second kappa shape index (κ2) is 7.11. The van der Waals surface area contributed by atoms with Gasteiger partial charge in [0.1, 0.15) is 0 Å². The van der Waals surface area contributed by atoms with E-state index in [-0.39, 0.29) is 12.1 Å². The first-order valence-corrected chi connectivity index (χ1v) is 8.67. The van der Waals surface area contributed by atoms with Crippen LogP contribution < -0.4 is 5.32 Å². The minimum Gasteiger partial charge on any atom is -0.394 e. The van der Waals surface area contributed by atoms with Crippen LogP contribution in [0.3, 0.4) is 0 Å². The van der Waals surface area contributed by atoms with Gasteiger partial charge < -0.3 is 10.4 Å². The zero-order valence-electron chi connectivity index (χ0n) is 11.4. The molecule has 0 spiro atoms. The summed E-state index contributed by atoms with van der Waals surface area (Å²) in [5.41, 5.74) is -0.0333. The largest absolute Gasteiger partial charge is 0.394 e. The van der Waals surface area contributed by atoms with Gasteiger partial charge in [0.2, 0.25) is 0 Å². The summed E-state index contributed by atoms with van der Waals surface area (Å²) in [4.78, 5) is 1.31. The molecule has 0 saturated heterocycles. The van der Waals surface area contributed by atoms with Crippen molar-refractivity contribution in [2.75, 3.05) is 19.4 Å². The van der Waals surface area contributed by atoms with E-state index in [0.29, 0.717) is 5.92 Å². The van der Waals surface area contributed by atoms with Crippen LogP contribution in [0.25, 0.3) is 0 Å². The highest BCUT2D eigenvalue weighted by Gasteiger charge is 2.40. The molecule has 0 amide bonds. The average molecular weight is 344 g/mol. The number of hydrogen-bond acceptors (Lipinski definition) is 3. The molecule has 0 heterocycles. The fraction of sp³-hybridized carbons (Fsp3) is 0.600. The highest BCUT2D eigenvalue weighted by atomic mass is 79.9. The van der Waals surface area contributed by atoms with Crippen molar-refractivity contribution in [1.29, 1.82) is 0 Å². The van der Waals surface area contributed by atoms with Crippen LogP contribution in [0.4, 0.5) is 0 Å². The molecule has 4 heteroatoms. The molecule has 2 unspecified atom stereocenters. The van der Waals surface area contributed by atoms with Gasteiger partial charge in [-0.2, -0.15) is 0 Å². The topological polar surface area (TPSA) is 32.3 Å². The maximum atomic E-state index is 9.67. The molecule has 1 aliphatic rings. The van der Waals surface area contributed by atoms with E-state index in [2.05, 4.69) is 39.4 Å². The van der Waals surface area contributed by atoms with Crippen LogP contribution in [0, 0.1) is 5.92 Å². The lowest BCUT2D eigenvalue weighted by molar-refractivity contribution is 0.130. The van der Waals surface area contributed by atoms with E-state index in [9.17, 15) is 5.11 Å². The second-order valence-corrected chi connectivity index (χ2v) is 7.21. The molecule has 0 bridgehead atoms. The molecule has 2 nitrogen and oxygen atoms in total. The van der Waals surface area contributed by atoms with Crippen molar-refractivity contribution in [2.45, 2.75) is 36.1 Å². The molecule has 19 heavy (non-hydrogen) atoms. The lowest BCUT2D eigenvalue weighted by Crippen LogP contribution is -2.49. The summed E-state index contributed by atoms with van der Waals surface area (Å²) in [5.74, 6) is 1.70. The maximum Gasteiger partial charge on any atom is 0.0615 e. The van der Waals surface area contributed by atoms with Crippen molar-refractivity contribution in [1.82, 2.24) is 5.32 Å². The molecule has 2 atom stereocenters. The van der Waals surface area contributed by atoms with Crippen molar-refractivity contribution in [2.24, 2.45) is 5.92 Å². The van der Waals surface area contributed by atoms with Crippen LogP contribution in [0.15, 0.2) is 33.6 Å². The predicted molar refractivity (Wildman–Crippen MR) is 85.7 cm³/mol. The number of thioether (sulfide) groups is 1. The fourth-order valence-corrected chi connectivity index (χ4v) is 4.69. The molecule has 1 aliphatic carbocycles. The van der Waals surface area contributed by atoms with Crippen LogP contribution in [0.5, 0.6) is 0 Å². The van der Waals surface area contributed by atoms with Crippen LogP contribution in [-0.2, 0) is 0 Å². The monoisotopic (exact) mass is 343 g/mol. The fourth-order valence-electron chi connectivity index (χ4n) is 3.05. The first kappa shape index (κ1) is 15.4. The van der Waals surface area contributed by atoms with E-state index < -0.39 is 0 Å². The Labute approximate surface area is 128 Å². The number of benzene rings is 1. The van der Waals surface area contributed by atoms with Gasteiger partial charge in [-0.15, -0.1) is 11.8 Å². The number of hydrogen-bond donors (Lipinski definition) is 2. The molecular formula is C15H22BrNOS. The molecule has 2 N–H and O–H groups in total. The Hall–Kier alpha value is -0.0300. The predicted octanol–water partition coefficient (Wildman–Crippen LogP) is 3.68. The van der Waals surface area contributed by atoms with Crippen molar-refractivity contribution in [3.05, 3.63) is 28.7 Å². The number of aliphatic hydroxyl groups excluding tert-OH is 1. The Morgan fingerprint density at radius 1 is 1.47 bits per heavy atom. The van der Waals surface area contributed by atoms with Crippen LogP contribution in [0.2, 0.25) is 0 Å². The van der Waals surface area contributed by atoms with Gasteiger partial charge in [-0.1, -0.05) is 18.6 Å². The van der Waals surface area contributed by atoms with E-state index >= 15 is 0 Å². The van der Waals surface area contributed by atoms with Gasteiger partial charge >= 0.3 is 0 Å². The van der Waals surface area contributed by atoms with Crippen LogP contribution in [0.1, 0.15) is 25.7 Å². The zero-order valence-corrected chi connectivity index (χ0v) is 13.8. The SMILES string of the molecule is CNC1(CO)CCCC1CCSc1ccccc1Br. The molecule has 0 radical (unpaired) electrons. The van der Waals surface area contributed by atoms with Gasteiger partial charge in [0.25, 0.3) is 0 Å². The van der Waals surface area contributed by atoms with Gasteiger partial charge in [-0.25, -0.2) is 0 Å². The summed E-state index contributed by atoms with van der Waals surface area (Å²) in [6.07, 6.45) is 4.72. The van der Waals surface area contributed by atoms with Gasteiger partial charge in [0.05, 0.1) is 6.61 Å². The third-order valence-electron chi connectivity index (χ3n) is 4.30. The number of likely N-dealkylation sites (N-methyl/N-ethyl adjacent to an activating group) is 1. The highest BCUT2D eigenvalue weighted by molar-refractivity contribution is 9.10. The van der Waals surface area contributed by atoms with Crippen molar-refractivity contribution < 1.29 is 5.11 Å². The summed E-state index contributed by atoms with van der Waals surface area (Å²) < 4.78 is 1.17. The Balaban J connectivity index is 1.87. The first-order chi connectivity index (χ1) is 9.22. The molecular weight excluding hydrogens is 322 g/mol. The minimum atomic E-state index is -0.0333. The van der Waals surface area contributed by atoms with E-state index in [1.54, 1.807) is 0 Å². The van der Waals surface area contributed by atoms with Gasteiger partial charge in [-0.3, -0.25) is 0 Å². The summed E-state index contributed by atoms with van der Waals surface area (Å²) >= 11 is 5.49. The van der Waals surface area contributed by atoms with Gasteiger partial charge in [0, 0.05) is 14.9 Å². The minimum absolute atomic E-state index is 0.0333. The molecule has 1 aromatic carbocycles. The standard InChI is InChI=1S/C15H22BrNOS/c1-17-15(11-18)9-4-5-12(15)8-10-19-14-7-3-2-6-13(14)16/h2-3,6-7,12,17-18H,4-5,8-11H2,1H3. The zero-order chi connectivity index (χ0) is 13.7. The molecule has 2 rings (SSSR count). The summed E-state index contributed by atoms with van der Waals surface area (Å²) in [6.45, 7) is 0.258.